The van der Waals surface area contributed by atoms with Crippen LogP contribution in [0.3, 0.4) is 0 Å². The second-order valence-corrected chi connectivity index (χ2v) is 9.10. The van der Waals surface area contributed by atoms with E-state index in [1.54, 1.807) is 30.3 Å². The predicted molar refractivity (Wildman–Crippen MR) is 98.8 cm³/mol. The molecule has 0 aliphatic carbocycles. The molecule has 130 valence electrons. The van der Waals surface area contributed by atoms with Gasteiger partial charge in [0.1, 0.15) is 4.21 Å². The first-order valence-electron chi connectivity index (χ1n) is 7.12. The van der Waals surface area contributed by atoms with E-state index in [1.807, 2.05) is 12.3 Å². The Morgan fingerprint density at radius 1 is 1.24 bits per heavy atom. The van der Waals surface area contributed by atoms with Gasteiger partial charge in [-0.2, -0.15) is 0 Å². The highest BCUT2D eigenvalue weighted by Gasteiger charge is 2.19. The third-order valence-corrected chi connectivity index (χ3v) is 7.01. The molecule has 0 amide bonds. The standard InChI is InChI=1S/C16H14N2O4S3/c1-10-17-13(9-23-10)14-6-7-15(24-14)25(20,21)18-12-5-3-4-11(8-12)16(19)22-2/h3-9,18H,1-2H3. The summed E-state index contributed by atoms with van der Waals surface area (Å²) in [7, 11) is -2.48. The van der Waals surface area contributed by atoms with Crippen LogP contribution < -0.4 is 4.72 Å². The number of hydrogen-bond acceptors (Lipinski definition) is 7. The summed E-state index contributed by atoms with van der Waals surface area (Å²) < 4.78 is 32.4. The largest absolute Gasteiger partial charge is 0.465 e. The van der Waals surface area contributed by atoms with Crippen LogP contribution in [0.1, 0.15) is 15.4 Å². The molecule has 1 N–H and O–H groups in total. The Labute approximate surface area is 153 Å². The summed E-state index contributed by atoms with van der Waals surface area (Å²) in [4.78, 5) is 16.7. The molecule has 0 radical (unpaired) electrons. The maximum Gasteiger partial charge on any atom is 0.337 e. The van der Waals surface area contributed by atoms with E-state index in [0.717, 1.165) is 26.9 Å². The molecule has 0 saturated carbocycles. The number of sulfonamides is 1. The topological polar surface area (TPSA) is 85.4 Å². The molecule has 0 aliphatic rings. The Bertz CT molecular complexity index is 1020. The van der Waals surface area contributed by atoms with E-state index >= 15 is 0 Å². The Balaban J connectivity index is 1.85. The maximum atomic E-state index is 12.6. The zero-order valence-electron chi connectivity index (χ0n) is 13.3. The summed E-state index contributed by atoms with van der Waals surface area (Å²) in [5, 5.41) is 2.82. The van der Waals surface area contributed by atoms with Gasteiger partial charge in [-0.15, -0.1) is 22.7 Å². The van der Waals surface area contributed by atoms with Crippen LogP contribution in [0, 0.1) is 6.92 Å². The second kappa shape index (κ2) is 6.95. The molecule has 0 fully saturated rings. The lowest BCUT2D eigenvalue weighted by atomic mass is 10.2. The molecule has 3 rings (SSSR count). The molecule has 1 aromatic carbocycles. The van der Waals surface area contributed by atoms with Crippen LogP contribution in [0.25, 0.3) is 10.6 Å². The van der Waals surface area contributed by atoms with Gasteiger partial charge in [-0.05, 0) is 37.3 Å². The van der Waals surface area contributed by atoms with Gasteiger partial charge in [0.2, 0.25) is 0 Å². The molecule has 6 nitrogen and oxygen atoms in total. The minimum absolute atomic E-state index is 0.177. The van der Waals surface area contributed by atoms with Crippen LogP contribution >= 0.6 is 22.7 Å². The summed E-state index contributed by atoms with van der Waals surface area (Å²) in [6.45, 7) is 1.90. The van der Waals surface area contributed by atoms with E-state index < -0.39 is 16.0 Å². The minimum Gasteiger partial charge on any atom is -0.465 e. The van der Waals surface area contributed by atoms with Crippen molar-refractivity contribution in [2.24, 2.45) is 0 Å². The highest BCUT2D eigenvalue weighted by atomic mass is 32.2. The lowest BCUT2D eigenvalue weighted by Gasteiger charge is -2.07. The zero-order valence-corrected chi connectivity index (χ0v) is 15.8. The first-order chi connectivity index (χ1) is 11.9. The molecule has 9 heteroatoms. The molecular formula is C16H14N2O4S3. The van der Waals surface area contributed by atoms with Gasteiger partial charge >= 0.3 is 5.97 Å². The third-order valence-electron chi connectivity index (χ3n) is 3.25. The van der Waals surface area contributed by atoms with Crippen LogP contribution in [0.4, 0.5) is 5.69 Å². The fraction of sp³-hybridized carbons (Fsp3) is 0.125. The van der Waals surface area contributed by atoms with Crippen molar-refractivity contribution < 1.29 is 17.9 Å². The van der Waals surface area contributed by atoms with Crippen LogP contribution in [0.5, 0.6) is 0 Å². The number of carbonyl (C=O) groups excluding carboxylic acids is 1. The zero-order chi connectivity index (χ0) is 18.0. The fourth-order valence-electron chi connectivity index (χ4n) is 2.11. The molecule has 2 heterocycles. The number of thiophene rings is 1. The molecule has 0 unspecified atom stereocenters. The van der Waals surface area contributed by atoms with Gasteiger partial charge in [0.15, 0.2) is 0 Å². The normalized spacial score (nSPS) is 11.3. The Hall–Kier alpha value is -2.23. The number of aromatic nitrogens is 1. The van der Waals surface area contributed by atoms with E-state index in [4.69, 9.17) is 0 Å². The molecule has 0 bridgehead atoms. The molecular weight excluding hydrogens is 380 g/mol. The van der Waals surface area contributed by atoms with Crippen LogP contribution in [-0.4, -0.2) is 26.5 Å². The number of esters is 1. The fourth-order valence-corrected chi connectivity index (χ4v) is 5.12. The maximum absolute atomic E-state index is 12.6. The first kappa shape index (κ1) is 17.6. The molecule has 0 atom stereocenters. The number of ether oxygens (including phenoxy) is 1. The summed E-state index contributed by atoms with van der Waals surface area (Å²) in [6, 6.07) is 9.42. The number of benzene rings is 1. The number of anilines is 1. The van der Waals surface area contributed by atoms with Crippen molar-refractivity contribution in [1.82, 2.24) is 4.98 Å². The number of hydrogen-bond donors (Lipinski definition) is 1. The Morgan fingerprint density at radius 3 is 2.72 bits per heavy atom. The number of nitrogens with zero attached hydrogens (tertiary/aromatic N) is 1. The average molecular weight is 394 g/mol. The van der Waals surface area contributed by atoms with Gasteiger partial charge < -0.3 is 4.74 Å². The quantitative estimate of drug-likeness (QED) is 0.666. The smallest absolute Gasteiger partial charge is 0.337 e. The highest BCUT2D eigenvalue weighted by molar-refractivity contribution is 7.94. The highest BCUT2D eigenvalue weighted by Crippen LogP contribution is 2.32. The summed E-state index contributed by atoms with van der Waals surface area (Å²) >= 11 is 2.65. The molecule has 0 aliphatic heterocycles. The Kier molecular flexibility index (Phi) is 4.89. The summed E-state index contributed by atoms with van der Waals surface area (Å²) in [5.41, 5.74) is 1.33. The lowest BCUT2D eigenvalue weighted by Crippen LogP contribution is -2.12. The Morgan fingerprint density at radius 2 is 2.04 bits per heavy atom. The number of thiazole rings is 1. The van der Waals surface area contributed by atoms with Crippen molar-refractivity contribution in [3.63, 3.8) is 0 Å². The number of aryl methyl sites for hydroxylation is 1. The molecule has 0 saturated heterocycles. The second-order valence-electron chi connectivity index (χ2n) is 5.05. The van der Waals surface area contributed by atoms with E-state index in [0.29, 0.717) is 5.69 Å². The molecule has 25 heavy (non-hydrogen) atoms. The molecule has 3 aromatic rings. The van der Waals surface area contributed by atoms with E-state index in [-0.39, 0.29) is 9.77 Å². The van der Waals surface area contributed by atoms with Crippen molar-refractivity contribution >= 4 is 44.4 Å². The van der Waals surface area contributed by atoms with Crippen molar-refractivity contribution in [3.8, 4) is 10.6 Å². The van der Waals surface area contributed by atoms with E-state index in [2.05, 4.69) is 14.4 Å². The minimum atomic E-state index is -3.75. The predicted octanol–water partition coefficient (Wildman–Crippen LogP) is 3.77. The number of nitrogens with one attached hydrogen (secondary N) is 1. The van der Waals surface area contributed by atoms with E-state index in [1.165, 1.54) is 24.5 Å². The monoisotopic (exact) mass is 394 g/mol. The van der Waals surface area contributed by atoms with Crippen molar-refractivity contribution in [3.05, 3.63) is 52.3 Å². The third kappa shape index (κ3) is 3.89. The number of carbonyl (C=O) groups is 1. The molecule has 0 spiro atoms. The van der Waals surface area contributed by atoms with Gasteiger partial charge in [-0.25, -0.2) is 18.2 Å². The van der Waals surface area contributed by atoms with Gasteiger partial charge in [-0.3, -0.25) is 4.72 Å². The van der Waals surface area contributed by atoms with Gasteiger partial charge in [0, 0.05) is 11.1 Å². The number of methoxy groups -OCH3 is 1. The van der Waals surface area contributed by atoms with Crippen molar-refractivity contribution in [1.29, 1.82) is 0 Å². The molecule has 2 aromatic heterocycles. The van der Waals surface area contributed by atoms with Crippen molar-refractivity contribution in [2.75, 3.05) is 11.8 Å². The van der Waals surface area contributed by atoms with Crippen molar-refractivity contribution in [2.45, 2.75) is 11.1 Å². The summed E-state index contributed by atoms with van der Waals surface area (Å²) in [6.07, 6.45) is 0. The van der Waals surface area contributed by atoms with Crippen LogP contribution in [0.2, 0.25) is 0 Å². The lowest BCUT2D eigenvalue weighted by molar-refractivity contribution is 0.0601. The first-order valence-corrected chi connectivity index (χ1v) is 10.3. The number of rotatable bonds is 5. The van der Waals surface area contributed by atoms with E-state index in [9.17, 15) is 13.2 Å². The van der Waals surface area contributed by atoms with Gasteiger partial charge in [0.25, 0.3) is 10.0 Å². The average Bonchev–Trinajstić information content (AvgIpc) is 3.23. The summed E-state index contributed by atoms with van der Waals surface area (Å²) in [5.74, 6) is -0.529. The van der Waals surface area contributed by atoms with Crippen LogP contribution in [-0.2, 0) is 14.8 Å². The van der Waals surface area contributed by atoms with Gasteiger partial charge in [-0.1, -0.05) is 6.07 Å². The SMILES string of the molecule is COC(=O)c1cccc(NS(=O)(=O)c2ccc(-c3csc(C)n3)s2)c1. The van der Waals surface area contributed by atoms with Crippen LogP contribution in [0.15, 0.2) is 46.0 Å². The van der Waals surface area contributed by atoms with Gasteiger partial charge in [0.05, 0.1) is 28.3 Å².